The van der Waals surface area contributed by atoms with Crippen LogP contribution in [-0.2, 0) is 32.0 Å². The van der Waals surface area contributed by atoms with Crippen LogP contribution in [0.3, 0.4) is 0 Å². The topological polar surface area (TPSA) is 135 Å². The highest BCUT2D eigenvalue weighted by Crippen LogP contribution is 2.26. The zero-order valence-corrected chi connectivity index (χ0v) is 21.0. The molecule has 0 saturated carbocycles. The van der Waals surface area contributed by atoms with E-state index in [1.165, 1.54) is 33.2 Å². The summed E-state index contributed by atoms with van der Waals surface area (Å²) in [6.45, 7) is 0.866. The largest absolute Gasteiger partial charge is 0.348 e. The number of halogens is 1. The molecule has 2 amide bonds. The predicted octanol–water partition coefficient (Wildman–Crippen LogP) is 0.959. The second kappa shape index (κ2) is 8.95. The van der Waals surface area contributed by atoms with Crippen LogP contribution in [0.1, 0.15) is 28.4 Å². The van der Waals surface area contributed by atoms with Gasteiger partial charge in [0.25, 0.3) is 11.5 Å². The van der Waals surface area contributed by atoms with Crippen molar-refractivity contribution in [2.45, 2.75) is 25.7 Å². The Balaban J connectivity index is 1.59. The summed E-state index contributed by atoms with van der Waals surface area (Å²) in [5.74, 6) is -1.16. The van der Waals surface area contributed by atoms with Crippen molar-refractivity contribution in [1.29, 1.82) is 5.26 Å². The molecule has 1 aromatic carbocycles. The number of fused-ring (bicyclic) bond motifs is 3. The number of imidazole rings is 1. The SMILES string of the molecule is Cn1c(=O)n(C)c2c3cc(C(=O)NCc4ccc(C#N)cc4)c(=O)n(CC(=O)N4CC(C)(F)C4)c3ncc21. The Morgan fingerprint density at radius 2 is 1.84 bits per heavy atom. The number of hydrogen-bond acceptors (Lipinski definition) is 6. The highest BCUT2D eigenvalue weighted by molar-refractivity contribution is 6.05. The molecule has 5 rings (SSSR count). The minimum Gasteiger partial charge on any atom is -0.348 e. The Kier molecular flexibility index (Phi) is 5.86. The van der Waals surface area contributed by atoms with Crippen LogP contribution in [0.15, 0.2) is 46.1 Å². The molecule has 0 aliphatic carbocycles. The second-order valence-electron chi connectivity index (χ2n) is 9.73. The summed E-state index contributed by atoms with van der Waals surface area (Å²) < 4.78 is 17.9. The fourth-order valence-corrected chi connectivity index (χ4v) is 4.76. The van der Waals surface area contributed by atoms with Crippen LogP contribution >= 0.6 is 0 Å². The molecule has 3 aromatic heterocycles. The molecule has 12 heteroatoms. The lowest BCUT2D eigenvalue weighted by molar-refractivity contribution is -0.144. The lowest BCUT2D eigenvalue weighted by Gasteiger charge is -2.42. The van der Waals surface area contributed by atoms with Gasteiger partial charge in [-0.2, -0.15) is 5.26 Å². The molecule has 11 nitrogen and oxygen atoms in total. The maximum absolute atomic E-state index is 14.0. The average Bonchev–Trinajstić information content (AvgIpc) is 3.11. The lowest BCUT2D eigenvalue weighted by atomic mass is 9.99. The molecule has 1 N–H and O–H groups in total. The molecule has 0 bridgehead atoms. The van der Waals surface area contributed by atoms with Crippen LogP contribution in [0.2, 0.25) is 0 Å². The highest BCUT2D eigenvalue weighted by Gasteiger charge is 2.41. The summed E-state index contributed by atoms with van der Waals surface area (Å²) in [6.07, 6.45) is 1.44. The van der Waals surface area contributed by atoms with Gasteiger partial charge in [-0.05, 0) is 30.7 Å². The first-order valence-corrected chi connectivity index (χ1v) is 11.8. The molecule has 0 atom stereocenters. The number of hydrogen-bond donors (Lipinski definition) is 1. The molecule has 4 aromatic rings. The van der Waals surface area contributed by atoms with Gasteiger partial charge in [-0.1, -0.05) is 12.1 Å². The second-order valence-corrected chi connectivity index (χ2v) is 9.73. The van der Waals surface area contributed by atoms with E-state index in [0.717, 1.165) is 10.1 Å². The summed E-state index contributed by atoms with van der Waals surface area (Å²) in [7, 11) is 3.15. The van der Waals surface area contributed by atoms with E-state index in [1.54, 1.807) is 38.4 Å². The van der Waals surface area contributed by atoms with Gasteiger partial charge in [0, 0.05) is 26.0 Å². The molecule has 1 aliphatic rings. The fraction of sp³-hybridized carbons (Fsp3) is 0.308. The molecular formula is C26H24FN7O4. The third kappa shape index (κ3) is 4.11. The van der Waals surface area contributed by atoms with E-state index in [9.17, 15) is 23.6 Å². The summed E-state index contributed by atoms with van der Waals surface area (Å²) in [5.41, 5.74) is -0.517. The third-order valence-electron chi connectivity index (χ3n) is 6.81. The highest BCUT2D eigenvalue weighted by atomic mass is 19.1. The molecule has 194 valence electrons. The van der Waals surface area contributed by atoms with Crippen LogP contribution < -0.4 is 16.6 Å². The van der Waals surface area contributed by atoms with E-state index in [4.69, 9.17) is 5.26 Å². The van der Waals surface area contributed by atoms with E-state index in [1.807, 2.05) is 6.07 Å². The number of carbonyl (C=O) groups is 2. The number of aromatic nitrogens is 4. The van der Waals surface area contributed by atoms with E-state index < -0.39 is 29.6 Å². The number of nitriles is 1. The Morgan fingerprint density at radius 1 is 1.16 bits per heavy atom. The number of carbonyl (C=O) groups excluding carboxylic acids is 2. The van der Waals surface area contributed by atoms with E-state index in [-0.39, 0.29) is 36.5 Å². The molecule has 38 heavy (non-hydrogen) atoms. The molecule has 4 heterocycles. The number of aryl methyl sites for hydroxylation is 2. The summed E-state index contributed by atoms with van der Waals surface area (Å²) >= 11 is 0. The summed E-state index contributed by atoms with van der Waals surface area (Å²) in [5, 5.41) is 12.0. The molecule has 0 radical (unpaired) electrons. The van der Waals surface area contributed by atoms with E-state index in [0.29, 0.717) is 22.0 Å². The van der Waals surface area contributed by atoms with Gasteiger partial charge in [-0.25, -0.2) is 14.2 Å². The van der Waals surface area contributed by atoms with Gasteiger partial charge < -0.3 is 10.2 Å². The number of benzene rings is 1. The Labute approximate surface area is 215 Å². The molecule has 0 unspecified atom stereocenters. The van der Waals surface area contributed by atoms with Crippen molar-refractivity contribution in [3.05, 3.63) is 74.1 Å². The van der Waals surface area contributed by atoms with Crippen molar-refractivity contribution in [1.82, 2.24) is 28.9 Å². The number of pyridine rings is 2. The van der Waals surface area contributed by atoms with Crippen LogP contribution in [0.5, 0.6) is 0 Å². The minimum atomic E-state index is -1.48. The van der Waals surface area contributed by atoms with Gasteiger partial charge in [0.05, 0.1) is 42.0 Å². The zero-order valence-electron chi connectivity index (χ0n) is 21.0. The first kappa shape index (κ1) is 24.9. The fourth-order valence-electron chi connectivity index (χ4n) is 4.76. The Bertz CT molecular complexity index is 1780. The van der Waals surface area contributed by atoms with E-state index in [2.05, 4.69) is 10.3 Å². The maximum Gasteiger partial charge on any atom is 0.328 e. The predicted molar refractivity (Wildman–Crippen MR) is 136 cm³/mol. The molecule has 1 aliphatic heterocycles. The third-order valence-corrected chi connectivity index (χ3v) is 6.81. The van der Waals surface area contributed by atoms with Gasteiger partial charge >= 0.3 is 5.69 Å². The van der Waals surface area contributed by atoms with Crippen LogP contribution in [-0.4, -0.2) is 54.2 Å². The molecule has 1 saturated heterocycles. The Morgan fingerprint density at radius 3 is 2.47 bits per heavy atom. The summed E-state index contributed by atoms with van der Waals surface area (Å²) in [6, 6.07) is 10.0. The quantitative estimate of drug-likeness (QED) is 0.419. The number of nitrogens with zero attached hydrogens (tertiary/aromatic N) is 6. The number of likely N-dealkylation sites (tertiary alicyclic amines) is 1. The maximum atomic E-state index is 14.0. The Hall–Kier alpha value is -4.79. The van der Waals surface area contributed by atoms with Gasteiger partial charge in [-0.3, -0.25) is 28.1 Å². The molecular weight excluding hydrogens is 493 g/mol. The average molecular weight is 518 g/mol. The lowest BCUT2D eigenvalue weighted by Crippen LogP contribution is -2.60. The monoisotopic (exact) mass is 517 g/mol. The summed E-state index contributed by atoms with van der Waals surface area (Å²) in [4.78, 5) is 57.9. The normalized spacial score (nSPS) is 14.3. The number of alkyl halides is 1. The van der Waals surface area contributed by atoms with Crippen molar-refractivity contribution in [2.75, 3.05) is 13.1 Å². The van der Waals surface area contributed by atoms with Gasteiger partial charge in [0.15, 0.2) is 0 Å². The van der Waals surface area contributed by atoms with Crippen molar-refractivity contribution in [2.24, 2.45) is 14.1 Å². The van der Waals surface area contributed by atoms with Crippen LogP contribution in [0.4, 0.5) is 4.39 Å². The number of rotatable bonds is 5. The number of nitrogens with one attached hydrogen (secondary N) is 1. The first-order valence-electron chi connectivity index (χ1n) is 11.8. The van der Waals surface area contributed by atoms with Crippen molar-refractivity contribution in [3.8, 4) is 6.07 Å². The van der Waals surface area contributed by atoms with Crippen molar-refractivity contribution in [3.63, 3.8) is 0 Å². The molecule has 0 spiro atoms. The smallest absolute Gasteiger partial charge is 0.328 e. The van der Waals surface area contributed by atoms with Crippen molar-refractivity contribution < 1.29 is 14.0 Å². The van der Waals surface area contributed by atoms with Gasteiger partial charge in [0.1, 0.15) is 23.4 Å². The standard InChI is InChI=1S/C26H24FN7O4/c1-26(27)13-33(14-26)20(35)12-34-22-17(21-19(11-29-22)31(2)25(38)32(21)3)8-18(24(34)37)23(36)30-10-16-6-4-15(9-28)5-7-16/h4-8,11H,10,12-14H2,1-3H3,(H,30,36). The molecule has 1 fully saturated rings. The van der Waals surface area contributed by atoms with Crippen molar-refractivity contribution >= 4 is 33.9 Å². The first-order chi connectivity index (χ1) is 18.0. The zero-order chi connectivity index (χ0) is 27.4. The van der Waals surface area contributed by atoms with E-state index >= 15 is 0 Å². The van der Waals surface area contributed by atoms with Crippen LogP contribution in [0.25, 0.3) is 22.1 Å². The minimum absolute atomic E-state index is 0.0891. The number of amides is 2. The van der Waals surface area contributed by atoms with Gasteiger partial charge in [0.2, 0.25) is 5.91 Å². The van der Waals surface area contributed by atoms with Crippen LogP contribution in [0, 0.1) is 11.3 Å². The van der Waals surface area contributed by atoms with Gasteiger partial charge in [-0.15, -0.1) is 0 Å².